The Labute approximate surface area is 53.9 Å². The van der Waals surface area contributed by atoms with Crippen LogP contribution in [-0.4, -0.2) is 13.0 Å². The molecule has 0 radical (unpaired) electrons. The van der Waals surface area contributed by atoms with Crippen LogP contribution in [0.25, 0.3) is 0 Å². The van der Waals surface area contributed by atoms with Gasteiger partial charge in [0.05, 0.1) is 7.11 Å². The average Bonchev–Trinajstić information content (AvgIpc) is 2.13. The van der Waals surface area contributed by atoms with E-state index in [9.17, 15) is 0 Å². The number of nitrogens with zero attached hydrogens (tertiary/aromatic N) is 1. The number of methoxy groups -OCH3 is 1. The highest BCUT2D eigenvalue weighted by Gasteiger charge is 1.86. The van der Waals surface area contributed by atoms with E-state index >= 15 is 0 Å². The van der Waals surface area contributed by atoms with Gasteiger partial charge in [0.1, 0.15) is 0 Å². The summed E-state index contributed by atoms with van der Waals surface area (Å²) in [6.45, 7) is 0. The lowest BCUT2D eigenvalue weighted by molar-refractivity contribution is 0.289. The zero-order valence-electron chi connectivity index (χ0n) is 5.16. The fourth-order valence-electron chi connectivity index (χ4n) is 0.488. The molecule has 1 aliphatic rings. The predicted octanol–water partition coefficient (Wildman–Crippen LogP) is 1.27. The maximum Gasteiger partial charge on any atom is 0.221 e. The second kappa shape index (κ2) is 2.90. The minimum Gasteiger partial charge on any atom is -0.481 e. The fourth-order valence-corrected chi connectivity index (χ4v) is 0.488. The fraction of sp³-hybridized carbons (Fsp3) is 0.143. The molecule has 0 atom stereocenters. The van der Waals surface area contributed by atoms with Crippen molar-refractivity contribution in [2.45, 2.75) is 0 Å². The van der Waals surface area contributed by atoms with Gasteiger partial charge < -0.3 is 4.74 Å². The van der Waals surface area contributed by atoms with E-state index in [4.69, 9.17) is 4.74 Å². The van der Waals surface area contributed by atoms with Gasteiger partial charge in [-0.1, -0.05) is 12.2 Å². The first-order valence-corrected chi connectivity index (χ1v) is 2.64. The summed E-state index contributed by atoms with van der Waals surface area (Å²) < 4.78 is 4.83. The van der Waals surface area contributed by atoms with Crippen LogP contribution in [0.4, 0.5) is 0 Å². The maximum absolute atomic E-state index is 4.83. The van der Waals surface area contributed by atoms with Crippen molar-refractivity contribution in [3.05, 3.63) is 30.2 Å². The van der Waals surface area contributed by atoms with Crippen LogP contribution < -0.4 is 0 Å². The zero-order chi connectivity index (χ0) is 6.53. The van der Waals surface area contributed by atoms with E-state index in [0.717, 1.165) is 0 Å². The molecular formula is C7H7NO. The van der Waals surface area contributed by atoms with Gasteiger partial charge in [-0.25, -0.2) is 0 Å². The van der Waals surface area contributed by atoms with Gasteiger partial charge in [-0.15, -0.1) is 0 Å². The number of rotatable bonds is 1. The minimum absolute atomic E-state index is 0.583. The molecule has 0 aliphatic carbocycles. The Kier molecular flexibility index (Phi) is 1.89. The molecule has 0 N–H and O–H groups in total. The van der Waals surface area contributed by atoms with E-state index < -0.39 is 0 Å². The quantitative estimate of drug-likeness (QED) is 0.512. The Morgan fingerprint density at radius 2 is 2.44 bits per heavy atom. The Morgan fingerprint density at radius 3 is 3.22 bits per heavy atom. The smallest absolute Gasteiger partial charge is 0.221 e. The maximum atomic E-state index is 4.83. The summed E-state index contributed by atoms with van der Waals surface area (Å²) in [6.07, 6.45) is 7.19. The molecule has 1 aliphatic heterocycles. The molecule has 0 spiro atoms. The van der Waals surface area contributed by atoms with E-state index in [0.29, 0.717) is 5.88 Å². The molecule has 0 aromatic rings. The largest absolute Gasteiger partial charge is 0.481 e. The molecular weight excluding hydrogens is 114 g/mol. The van der Waals surface area contributed by atoms with Gasteiger partial charge in [0.2, 0.25) is 5.88 Å². The van der Waals surface area contributed by atoms with E-state index in [2.05, 4.69) is 10.9 Å². The van der Waals surface area contributed by atoms with E-state index in [1.54, 1.807) is 19.3 Å². The first kappa shape index (κ1) is 5.86. The second-order valence-electron chi connectivity index (χ2n) is 1.50. The zero-order valence-corrected chi connectivity index (χ0v) is 5.16. The Balaban J connectivity index is 2.82. The normalized spacial score (nSPS) is 15.0. The summed E-state index contributed by atoms with van der Waals surface area (Å²) in [5.74, 6) is 3.25. The third kappa shape index (κ3) is 1.59. The van der Waals surface area contributed by atoms with Crippen LogP contribution in [0, 0.1) is 0 Å². The molecule has 0 saturated heterocycles. The molecule has 2 nitrogen and oxygen atoms in total. The van der Waals surface area contributed by atoms with Crippen molar-refractivity contribution in [2.75, 3.05) is 7.11 Å². The van der Waals surface area contributed by atoms with Crippen LogP contribution in [0.1, 0.15) is 0 Å². The van der Waals surface area contributed by atoms with Crippen LogP contribution in [0.5, 0.6) is 0 Å². The predicted molar refractivity (Wildman–Crippen MR) is 36.2 cm³/mol. The van der Waals surface area contributed by atoms with E-state index in [1.807, 2.05) is 12.2 Å². The number of allylic oxidation sites excluding steroid dienone is 4. The summed E-state index contributed by atoms with van der Waals surface area (Å²) in [7, 11) is 1.58. The summed E-state index contributed by atoms with van der Waals surface area (Å²) in [4.78, 5) is 3.81. The molecule has 0 aromatic heterocycles. The molecule has 0 fully saturated rings. The Bertz CT molecular complexity index is 207. The lowest BCUT2D eigenvalue weighted by atomic mass is 10.5. The van der Waals surface area contributed by atoms with Crippen molar-refractivity contribution >= 4 is 5.87 Å². The lowest BCUT2D eigenvalue weighted by Gasteiger charge is -1.91. The molecule has 1 heterocycles. The molecule has 0 unspecified atom stereocenters. The summed E-state index contributed by atoms with van der Waals surface area (Å²) in [5, 5.41) is 0. The summed E-state index contributed by atoms with van der Waals surface area (Å²) >= 11 is 0. The van der Waals surface area contributed by atoms with Crippen molar-refractivity contribution in [1.82, 2.24) is 0 Å². The minimum atomic E-state index is 0.583. The van der Waals surface area contributed by atoms with Crippen molar-refractivity contribution < 1.29 is 4.74 Å². The molecule has 9 heavy (non-hydrogen) atoms. The molecule has 0 bridgehead atoms. The molecule has 0 aromatic carbocycles. The van der Waals surface area contributed by atoms with Crippen LogP contribution in [0.15, 0.2) is 35.2 Å². The topological polar surface area (TPSA) is 21.6 Å². The van der Waals surface area contributed by atoms with Gasteiger partial charge in [-0.3, -0.25) is 0 Å². The summed E-state index contributed by atoms with van der Waals surface area (Å²) in [5.41, 5.74) is 0. The standard InChI is InChI=1S/C7H7NO/c1-9-7-5-3-2-4-6-8-7/h2-5H,1H3. The monoisotopic (exact) mass is 121 g/mol. The molecule has 0 amide bonds. The highest BCUT2D eigenvalue weighted by Crippen LogP contribution is 1.97. The van der Waals surface area contributed by atoms with Crippen molar-refractivity contribution in [1.29, 1.82) is 0 Å². The first-order valence-electron chi connectivity index (χ1n) is 2.64. The van der Waals surface area contributed by atoms with E-state index in [-0.39, 0.29) is 0 Å². The number of hydrogen-bond acceptors (Lipinski definition) is 2. The van der Waals surface area contributed by atoms with Gasteiger partial charge in [0, 0.05) is 6.08 Å². The Morgan fingerprint density at radius 1 is 1.56 bits per heavy atom. The van der Waals surface area contributed by atoms with Gasteiger partial charge in [0.15, 0.2) is 0 Å². The molecule has 0 saturated carbocycles. The van der Waals surface area contributed by atoms with Crippen molar-refractivity contribution in [3.63, 3.8) is 0 Å². The third-order valence-corrected chi connectivity index (χ3v) is 0.905. The highest BCUT2D eigenvalue weighted by atomic mass is 16.5. The van der Waals surface area contributed by atoms with Crippen molar-refractivity contribution in [2.24, 2.45) is 4.99 Å². The molecule has 1 rings (SSSR count). The van der Waals surface area contributed by atoms with Gasteiger partial charge >= 0.3 is 0 Å². The average molecular weight is 121 g/mol. The molecule has 2 heteroatoms. The van der Waals surface area contributed by atoms with Crippen molar-refractivity contribution in [3.8, 4) is 0 Å². The summed E-state index contributed by atoms with van der Waals surface area (Å²) in [6, 6.07) is 0. The number of hydrogen-bond donors (Lipinski definition) is 0. The first-order chi connectivity index (χ1) is 4.43. The van der Waals surface area contributed by atoms with Gasteiger partial charge in [0.25, 0.3) is 0 Å². The Hall–Kier alpha value is -1.27. The highest BCUT2D eigenvalue weighted by molar-refractivity contribution is 5.57. The van der Waals surface area contributed by atoms with E-state index in [1.165, 1.54) is 0 Å². The van der Waals surface area contributed by atoms with Crippen LogP contribution in [0.2, 0.25) is 0 Å². The number of aliphatic imine (C=N–C) groups is 1. The SMILES string of the molecule is COC1=CC=CC=C=N1. The van der Waals surface area contributed by atoms with Gasteiger partial charge in [-0.2, -0.15) is 4.99 Å². The lowest BCUT2D eigenvalue weighted by Crippen LogP contribution is -1.78. The van der Waals surface area contributed by atoms with Gasteiger partial charge in [-0.05, 0) is 11.9 Å². The third-order valence-electron chi connectivity index (χ3n) is 0.905. The molecule has 46 valence electrons. The van der Waals surface area contributed by atoms with Crippen LogP contribution in [0.3, 0.4) is 0 Å². The van der Waals surface area contributed by atoms with Crippen LogP contribution >= 0.6 is 0 Å². The second-order valence-corrected chi connectivity index (χ2v) is 1.50. The number of ether oxygens (including phenoxy) is 1. The van der Waals surface area contributed by atoms with Crippen LogP contribution in [-0.2, 0) is 4.74 Å².